The van der Waals surface area contributed by atoms with E-state index in [0.717, 1.165) is 0 Å². The van der Waals surface area contributed by atoms with Gasteiger partial charge in [0, 0.05) is 12.5 Å². The molecule has 0 aliphatic heterocycles. The molecule has 0 saturated carbocycles. The van der Waals surface area contributed by atoms with Crippen LogP contribution < -0.4 is 10.1 Å². The van der Waals surface area contributed by atoms with Gasteiger partial charge < -0.3 is 15.2 Å². The van der Waals surface area contributed by atoms with Gasteiger partial charge in [0.1, 0.15) is 11.8 Å². The Morgan fingerprint density at radius 2 is 1.81 bits per heavy atom. The van der Waals surface area contributed by atoms with Gasteiger partial charge in [0.2, 0.25) is 0 Å². The normalized spacial score (nSPS) is 13.1. The molecule has 0 fully saturated rings. The van der Waals surface area contributed by atoms with Gasteiger partial charge in [0.15, 0.2) is 0 Å². The number of rotatable bonds is 6. The molecule has 1 aromatic carbocycles. The van der Waals surface area contributed by atoms with Gasteiger partial charge in [-0.2, -0.15) is 0 Å². The molecule has 2 N–H and O–H groups in total. The number of nitrogens with one attached hydrogen (secondary N) is 1. The zero-order valence-corrected chi connectivity index (χ0v) is 12.3. The Balaban J connectivity index is 2.78. The monoisotopic (exact) mass is 293 g/mol. The van der Waals surface area contributed by atoms with Crippen molar-refractivity contribution in [2.45, 2.75) is 33.2 Å². The van der Waals surface area contributed by atoms with Crippen LogP contribution in [0.2, 0.25) is 0 Å². The third-order valence-electron chi connectivity index (χ3n) is 3.14. The third-order valence-corrected chi connectivity index (χ3v) is 3.14. The van der Waals surface area contributed by atoms with Crippen LogP contribution in [0, 0.1) is 5.92 Å². The van der Waals surface area contributed by atoms with Crippen molar-refractivity contribution in [3.05, 3.63) is 29.8 Å². The molecule has 21 heavy (non-hydrogen) atoms. The summed E-state index contributed by atoms with van der Waals surface area (Å²) in [7, 11) is 0. The number of hydrogen-bond donors (Lipinski definition) is 2. The van der Waals surface area contributed by atoms with E-state index in [2.05, 4.69) is 5.32 Å². The Kier molecular flexibility index (Phi) is 5.90. The van der Waals surface area contributed by atoms with Crippen molar-refractivity contribution in [3.63, 3.8) is 0 Å². The van der Waals surface area contributed by atoms with Crippen LogP contribution in [0.3, 0.4) is 0 Å². The van der Waals surface area contributed by atoms with Crippen LogP contribution in [0.15, 0.2) is 24.3 Å². The van der Waals surface area contributed by atoms with E-state index in [1.807, 2.05) is 6.92 Å². The summed E-state index contributed by atoms with van der Waals surface area (Å²) in [6.45, 7) is 4.91. The first-order chi connectivity index (χ1) is 9.85. The Morgan fingerprint density at radius 1 is 1.24 bits per heavy atom. The topological polar surface area (TPSA) is 92.7 Å². The van der Waals surface area contributed by atoms with Crippen molar-refractivity contribution < 1.29 is 24.2 Å². The zero-order valence-electron chi connectivity index (χ0n) is 12.3. The van der Waals surface area contributed by atoms with E-state index < -0.39 is 23.9 Å². The molecule has 0 aliphatic rings. The van der Waals surface area contributed by atoms with E-state index in [-0.39, 0.29) is 5.92 Å². The van der Waals surface area contributed by atoms with E-state index in [4.69, 9.17) is 9.84 Å². The predicted octanol–water partition coefficient (Wildman–Crippen LogP) is 1.84. The fourth-order valence-electron chi connectivity index (χ4n) is 1.75. The summed E-state index contributed by atoms with van der Waals surface area (Å²) in [5.74, 6) is -1.83. The van der Waals surface area contributed by atoms with E-state index in [1.165, 1.54) is 31.2 Å². The highest BCUT2D eigenvalue weighted by molar-refractivity contribution is 5.96. The van der Waals surface area contributed by atoms with E-state index in [0.29, 0.717) is 17.7 Å². The summed E-state index contributed by atoms with van der Waals surface area (Å²) >= 11 is 0. The summed E-state index contributed by atoms with van der Waals surface area (Å²) in [5.41, 5.74) is 0.306. The molecule has 1 aromatic rings. The van der Waals surface area contributed by atoms with Crippen LogP contribution in [0.25, 0.3) is 0 Å². The molecule has 0 radical (unpaired) electrons. The lowest BCUT2D eigenvalue weighted by atomic mass is 9.99. The lowest BCUT2D eigenvalue weighted by Gasteiger charge is -2.20. The Morgan fingerprint density at radius 3 is 2.24 bits per heavy atom. The molecule has 6 heteroatoms. The fourth-order valence-corrected chi connectivity index (χ4v) is 1.75. The van der Waals surface area contributed by atoms with Crippen LogP contribution in [0.4, 0.5) is 0 Å². The molecule has 114 valence electrons. The Bertz CT molecular complexity index is 523. The van der Waals surface area contributed by atoms with Gasteiger partial charge in [0.05, 0.1) is 0 Å². The molecule has 1 amide bonds. The summed E-state index contributed by atoms with van der Waals surface area (Å²) in [6, 6.07) is 4.98. The molecule has 0 bridgehead atoms. The van der Waals surface area contributed by atoms with Crippen LogP contribution in [0.5, 0.6) is 5.75 Å². The van der Waals surface area contributed by atoms with Gasteiger partial charge in [-0.25, -0.2) is 4.79 Å². The minimum Gasteiger partial charge on any atom is -0.480 e. The smallest absolute Gasteiger partial charge is 0.326 e. The fraction of sp³-hybridized carbons (Fsp3) is 0.400. The number of aliphatic carboxylic acids is 1. The van der Waals surface area contributed by atoms with Crippen LogP contribution in [0.1, 0.15) is 37.6 Å². The molecule has 0 spiro atoms. The number of carbonyl (C=O) groups is 3. The average molecular weight is 293 g/mol. The van der Waals surface area contributed by atoms with Crippen molar-refractivity contribution in [3.8, 4) is 5.75 Å². The molecule has 1 rings (SSSR count). The van der Waals surface area contributed by atoms with Gasteiger partial charge >= 0.3 is 11.9 Å². The molecule has 0 unspecified atom stereocenters. The van der Waals surface area contributed by atoms with Crippen molar-refractivity contribution in [2.75, 3.05) is 0 Å². The number of esters is 1. The van der Waals surface area contributed by atoms with Crippen LogP contribution >= 0.6 is 0 Å². The molecule has 6 nitrogen and oxygen atoms in total. The number of carbonyl (C=O) groups excluding carboxylic acids is 2. The van der Waals surface area contributed by atoms with E-state index in [9.17, 15) is 14.4 Å². The van der Waals surface area contributed by atoms with Crippen molar-refractivity contribution in [1.29, 1.82) is 0 Å². The molecular formula is C15H19NO5. The predicted molar refractivity (Wildman–Crippen MR) is 76.1 cm³/mol. The highest BCUT2D eigenvalue weighted by Crippen LogP contribution is 2.14. The highest BCUT2D eigenvalue weighted by Gasteiger charge is 2.25. The number of benzene rings is 1. The SMILES string of the molecule is CC[C@H](C)[C@@H](NC(=O)c1ccc(OC(C)=O)cc1)C(=O)O. The Hall–Kier alpha value is -2.37. The minimum atomic E-state index is -1.06. The second-order valence-electron chi connectivity index (χ2n) is 4.79. The molecule has 0 saturated heterocycles. The molecule has 2 atom stereocenters. The Labute approximate surface area is 123 Å². The minimum absolute atomic E-state index is 0.174. The lowest BCUT2D eigenvalue weighted by molar-refractivity contribution is -0.140. The van der Waals surface area contributed by atoms with Crippen LogP contribution in [-0.2, 0) is 9.59 Å². The number of hydrogen-bond acceptors (Lipinski definition) is 4. The lowest BCUT2D eigenvalue weighted by Crippen LogP contribution is -2.45. The van der Waals surface area contributed by atoms with E-state index >= 15 is 0 Å². The second kappa shape index (κ2) is 7.42. The van der Waals surface area contributed by atoms with Crippen molar-refractivity contribution >= 4 is 17.8 Å². The molecule has 0 aromatic heterocycles. The first-order valence-electron chi connectivity index (χ1n) is 6.67. The van der Waals surface area contributed by atoms with Gasteiger partial charge in [-0.05, 0) is 30.2 Å². The largest absolute Gasteiger partial charge is 0.480 e. The van der Waals surface area contributed by atoms with E-state index in [1.54, 1.807) is 6.92 Å². The molecular weight excluding hydrogens is 274 g/mol. The first-order valence-corrected chi connectivity index (χ1v) is 6.67. The van der Waals surface area contributed by atoms with Crippen molar-refractivity contribution in [1.82, 2.24) is 5.32 Å². The third kappa shape index (κ3) is 4.91. The maximum absolute atomic E-state index is 12.0. The zero-order chi connectivity index (χ0) is 16.0. The summed E-state index contributed by atoms with van der Waals surface area (Å²) < 4.78 is 4.86. The van der Waals surface area contributed by atoms with Crippen molar-refractivity contribution in [2.24, 2.45) is 5.92 Å². The van der Waals surface area contributed by atoms with Gasteiger partial charge in [-0.3, -0.25) is 9.59 Å². The highest BCUT2D eigenvalue weighted by atomic mass is 16.5. The number of carboxylic acid groups (broad SMARTS) is 1. The van der Waals surface area contributed by atoms with Gasteiger partial charge in [0.25, 0.3) is 5.91 Å². The van der Waals surface area contributed by atoms with Gasteiger partial charge in [-0.15, -0.1) is 0 Å². The quantitative estimate of drug-likeness (QED) is 0.616. The van der Waals surface area contributed by atoms with Gasteiger partial charge in [-0.1, -0.05) is 20.3 Å². The summed E-state index contributed by atoms with van der Waals surface area (Å²) in [6.07, 6.45) is 0.642. The summed E-state index contributed by atoms with van der Waals surface area (Å²) in [4.78, 5) is 34.0. The molecule has 0 aliphatic carbocycles. The average Bonchev–Trinajstić information content (AvgIpc) is 2.43. The number of amides is 1. The number of ether oxygens (including phenoxy) is 1. The molecule has 0 heterocycles. The maximum Gasteiger partial charge on any atom is 0.326 e. The second-order valence-corrected chi connectivity index (χ2v) is 4.79. The summed E-state index contributed by atoms with van der Waals surface area (Å²) in [5, 5.41) is 11.6. The first kappa shape index (κ1) is 16.7. The number of carboxylic acids is 1. The van der Waals surface area contributed by atoms with Crippen LogP contribution in [-0.4, -0.2) is 29.0 Å². The standard InChI is InChI=1S/C15H19NO5/c1-4-9(2)13(15(19)20)16-14(18)11-5-7-12(8-6-11)21-10(3)17/h5-9,13H,4H2,1-3H3,(H,16,18)(H,19,20)/t9-,13+/m0/s1. The maximum atomic E-state index is 12.0.